The number of hydrogen-bond acceptors (Lipinski definition) is 1. The molecule has 82 valence electrons. The van der Waals surface area contributed by atoms with E-state index < -0.39 is 0 Å². The van der Waals surface area contributed by atoms with Gasteiger partial charge in [-0.3, -0.25) is 4.79 Å². The van der Waals surface area contributed by atoms with Gasteiger partial charge in [0.15, 0.2) is 0 Å². The van der Waals surface area contributed by atoms with Crippen LogP contribution in [0.1, 0.15) is 18.4 Å². The zero-order chi connectivity index (χ0) is 11.4. The molecule has 0 saturated carbocycles. The van der Waals surface area contributed by atoms with Gasteiger partial charge in [0, 0.05) is 11.8 Å². The maximum atomic E-state index is 11.2. The van der Waals surface area contributed by atoms with Gasteiger partial charge in [-0.1, -0.05) is 54.6 Å². The molecule has 1 aromatic carbocycles. The molecule has 0 saturated heterocycles. The molecule has 0 aliphatic heterocycles. The summed E-state index contributed by atoms with van der Waals surface area (Å²) in [5.41, 5.74) is 0.888. The van der Waals surface area contributed by atoms with Crippen LogP contribution in [0.4, 0.5) is 0 Å². The van der Waals surface area contributed by atoms with Crippen molar-refractivity contribution in [3.8, 4) is 0 Å². The van der Waals surface area contributed by atoms with Gasteiger partial charge in [-0.2, -0.15) is 0 Å². The highest BCUT2D eigenvalue weighted by Crippen LogP contribution is 2.36. The van der Waals surface area contributed by atoms with Gasteiger partial charge in [0.2, 0.25) is 5.24 Å². The Hall–Kier alpha value is -1.34. The normalized spacial score (nSPS) is 23.3. The van der Waals surface area contributed by atoms with E-state index in [1.807, 2.05) is 42.5 Å². The SMILES string of the molecule is O=C(Cl)CC1(c2ccccc2)C=CC=CC1. The van der Waals surface area contributed by atoms with E-state index in [4.69, 9.17) is 11.6 Å². The lowest BCUT2D eigenvalue weighted by molar-refractivity contribution is -0.112. The molecule has 0 fully saturated rings. The zero-order valence-electron chi connectivity index (χ0n) is 8.90. The largest absolute Gasteiger partial charge is 0.281 e. The molecule has 1 aromatic rings. The summed E-state index contributed by atoms with van der Waals surface area (Å²) in [6.07, 6.45) is 9.30. The third kappa shape index (κ3) is 2.25. The van der Waals surface area contributed by atoms with E-state index in [1.165, 1.54) is 0 Å². The van der Waals surface area contributed by atoms with E-state index in [0.717, 1.165) is 12.0 Å². The van der Waals surface area contributed by atoms with Crippen LogP contribution in [-0.2, 0) is 10.2 Å². The van der Waals surface area contributed by atoms with Crippen LogP contribution in [0, 0.1) is 0 Å². The number of carbonyl (C=O) groups excluding carboxylic acids is 1. The lowest BCUT2D eigenvalue weighted by Crippen LogP contribution is -2.26. The second kappa shape index (κ2) is 4.67. The monoisotopic (exact) mass is 232 g/mol. The Balaban J connectivity index is 2.39. The molecule has 1 unspecified atom stereocenters. The minimum atomic E-state index is -0.288. The lowest BCUT2D eigenvalue weighted by Gasteiger charge is -2.30. The number of carbonyl (C=O) groups is 1. The maximum Gasteiger partial charge on any atom is 0.222 e. The number of benzene rings is 1. The van der Waals surface area contributed by atoms with Crippen molar-refractivity contribution in [1.29, 1.82) is 0 Å². The maximum absolute atomic E-state index is 11.2. The first-order valence-corrected chi connectivity index (χ1v) is 5.69. The molecule has 0 spiro atoms. The molecule has 0 bridgehead atoms. The lowest BCUT2D eigenvalue weighted by atomic mass is 9.73. The van der Waals surface area contributed by atoms with Crippen LogP contribution in [-0.4, -0.2) is 5.24 Å². The highest BCUT2D eigenvalue weighted by atomic mass is 35.5. The molecule has 2 heteroatoms. The average Bonchev–Trinajstić information content (AvgIpc) is 2.30. The molecule has 1 aliphatic carbocycles. The molecular formula is C14H13ClO. The van der Waals surface area contributed by atoms with Crippen molar-refractivity contribution in [3.63, 3.8) is 0 Å². The molecule has 0 radical (unpaired) electrons. The highest BCUT2D eigenvalue weighted by Gasteiger charge is 2.31. The molecule has 0 N–H and O–H groups in total. The van der Waals surface area contributed by atoms with Crippen molar-refractivity contribution in [1.82, 2.24) is 0 Å². The third-order valence-corrected chi connectivity index (χ3v) is 3.08. The number of rotatable bonds is 3. The number of halogens is 1. The van der Waals surface area contributed by atoms with Gasteiger partial charge in [0.05, 0.1) is 0 Å². The fourth-order valence-corrected chi connectivity index (χ4v) is 2.37. The summed E-state index contributed by atoms with van der Waals surface area (Å²) in [6.45, 7) is 0. The first kappa shape index (κ1) is 11.2. The predicted molar refractivity (Wildman–Crippen MR) is 66.5 cm³/mol. The first-order valence-electron chi connectivity index (χ1n) is 5.31. The van der Waals surface area contributed by atoms with E-state index in [-0.39, 0.29) is 10.7 Å². The molecule has 1 nitrogen and oxygen atoms in total. The van der Waals surface area contributed by atoms with Crippen molar-refractivity contribution in [2.24, 2.45) is 0 Å². The Labute approximate surface area is 100 Å². The fourth-order valence-electron chi connectivity index (χ4n) is 2.13. The molecule has 16 heavy (non-hydrogen) atoms. The van der Waals surface area contributed by atoms with Crippen LogP contribution in [0.5, 0.6) is 0 Å². The van der Waals surface area contributed by atoms with E-state index in [1.54, 1.807) is 0 Å². The topological polar surface area (TPSA) is 17.1 Å². The zero-order valence-corrected chi connectivity index (χ0v) is 9.65. The summed E-state index contributed by atoms with van der Waals surface area (Å²) in [5, 5.41) is -0.288. The van der Waals surface area contributed by atoms with Crippen molar-refractivity contribution in [3.05, 3.63) is 60.2 Å². The number of allylic oxidation sites excluding steroid dienone is 4. The minimum Gasteiger partial charge on any atom is -0.281 e. The second-order valence-corrected chi connectivity index (χ2v) is 4.47. The summed E-state index contributed by atoms with van der Waals surface area (Å²) >= 11 is 5.55. The van der Waals surface area contributed by atoms with Crippen LogP contribution in [0.15, 0.2) is 54.6 Å². The Morgan fingerprint density at radius 3 is 2.56 bits per heavy atom. The molecule has 0 heterocycles. The first-order chi connectivity index (χ1) is 7.73. The third-order valence-electron chi connectivity index (χ3n) is 2.95. The molecular weight excluding hydrogens is 220 g/mol. The van der Waals surface area contributed by atoms with Crippen molar-refractivity contribution >= 4 is 16.8 Å². The van der Waals surface area contributed by atoms with Gasteiger partial charge in [-0.25, -0.2) is 0 Å². The van der Waals surface area contributed by atoms with Gasteiger partial charge < -0.3 is 0 Å². The van der Waals surface area contributed by atoms with Gasteiger partial charge in [-0.05, 0) is 23.6 Å². The Bertz CT molecular complexity index is 433. The summed E-state index contributed by atoms with van der Waals surface area (Å²) < 4.78 is 0. The summed E-state index contributed by atoms with van der Waals surface area (Å²) in [7, 11) is 0. The van der Waals surface area contributed by atoms with Gasteiger partial charge in [0.1, 0.15) is 0 Å². The number of hydrogen-bond donors (Lipinski definition) is 0. The Morgan fingerprint density at radius 1 is 1.25 bits per heavy atom. The van der Waals surface area contributed by atoms with Crippen LogP contribution in [0.2, 0.25) is 0 Å². The minimum absolute atomic E-state index is 0.255. The van der Waals surface area contributed by atoms with Crippen molar-refractivity contribution in [2.75, 3.05) is 0 Å². The van der Waals surface area contributed by atoms with Crippen molar-refractivity contribution in [2.45, 2.75) is 18.3 Å². The molecule has 2 rings (SSSR count). The molecule has 1 atom stereocenters. The fraction of sp³-hybridized carbons (Fsp3) is 0.214. The van der Waals surface area contributed by atoms with E-state index in [2.05, 4.69) is 12.2 Å². The standard InChI is InChI=1S/C14H13ClO/c15-13(16)11-14(9-5-2-6-10-14)12-7-3-1-4-8-12/h1-9H,10-11H2. The smallest absolute Gasteiger partial charge is 0.222 e. The molecule has 0 amide bonds. The van der Waals surface area contributed by atoms with E-state index in [9.17, 15) is 4.79 Å². The van der Waals surface area contributed by atoms with Gasteiger partial charge >= 0.3 is 0 Å². The quantitative estimate of drug-likeness (QED) is 0.728. The second-order valence-electron chi connectivity index (χ2n) is 4.05. The summed E-state index contributed by atoms with van der Waals surface area (Å²) in [4.78, 5) is 11.2. The van der Waals surface area contributed by atoms with E-state index >= 15 is 0 Å². The Kier molecular flexibility index (Phi) is 3.25. The van der Waals surface area contributed by atoms with Crippen molar-refractivity contribution < 1.29 is 4.79 Å². The molecule has 1 aliphatic rings. The van der Waals surface area contributed by atoms with Crippen LogP contribution < -0.4 is 0 Å². The van der Waals surface area contributed by atoms with Crippen LogP contribution in [0.25, 0.3) is 0 Å². The van der Waals surface area contributed by atoms with Gasteiger partial charge in [0.25, 0.3) is 0 Å². The Morgan fingerprint density at radius 2 is 2.00 bits per heavy atom. The van der Waals surface area contributed by atoms with Crippen LogP contribution in [0.3, 0.4) is 0 Å². The van der Waals surface area contributed by atoms with Gasteiger partial charge in [-0.15, -0.1) is 0 Å². The highest BCUT2D eigenvalue weighted by molar-refractivity contribution is 6.63. The van der Waals surface area contributed by atoms with Crippen LogP contribution >= 0.6 is 11.6 Å². The summed E-state index contributed by atoms with van der Waals surface area (Å²) in [6, 6.07) is 10.0. The summed E-state index contributed by atoms with van der Waals surface area (Å²) in [5.74, 6) is 0. The molecule has 0 aromatic heterocycles. The predicted octanol–water partition coefficient (Wildman–Crippen LogP) is 3.60. The van der Waals surface area contributed by atoms with E-state index in [0.29, 0.717) is 6.42 Å². The average molecular weight is 233 g/mol.